The molecule has 0 aromatic carbocycles. The SMILES string of the molecule is CC(C)(C)/C=C/NC(=O)NC1CCS(=O)(=O)C1. The first-order valence-electron chi connectivity index (χ1n) is 5.63. The highest BCUT2D eigenvalue weighted by Crippen LogP contribution is 2.13. The molecule has 0 saturated carbocycles. The average molecular weight is 260 g/mol. The van der Waals surface area contributed by atoms with Gasteiger partial charge in [0.15, 0.2) is 9.84 Å². The van der Waals surface area contributed by atoms with E-state index in [-0.39, 0.29) is 29.0 Å². The van der Waals surface area contributed by atoms with Crippen LogP contribution in [0.2, 0.25) is 0 Å². The van der Waals surface area contributed by atoms with Crippen molar-refractivity contribution in [2.24, 2.45) is 5.41 Å². The van der Waals surface area contributed by atoms with Crippen LogP contribution in [0.15, 0.2) is 12.3 Å². The van der Waals surface area contributed by atoms with Crippen molar-refractivity contribution in [3.05, 3.63) is 12.3 Å². The van der Waals surface area contributed by atoms with Gasteiger partial charge in [-0.3, -0.25) is 0 Å². The van der Waals surface area contributed by atoms with Crippen LogP contribution in [0.3, 0.4) is 0 Å². The fraction of sp³-hybridized carbons (Fsp3) is 0.727. The molecule has 1 saturated heterocycles. The molecule has 1 unspecified atom stereocenters. The number of carbonyl (C=O) groups excluding carboxylic acids is 1. The Morgan fingerprint density at radius 1 is 1.35 bits per heavy atom. The lowest BCUT2D eigenvalue weighted by Gasteiger charge is -2.13. The highest BCUT2D eigenvalue weighted by Gasteiger charge is 2.28. The zero-order valence-corrected chi connectivity index (χ0v) is 11.3. The Kier molecular flexibility index (Phi) is 4.19. The van der Waals surface area contributed by atoms with E-state index in [0.29, 0.717) is 6.42 Å². The van der Waals surface area contributed by atoms with Crippen LogP contribution < -0.4 is 10.6 Å². The summed E-state index contributed by atoms with van der Waals surface area (Å²) in [6.45, 7) is 6.06. The number of amides is 2. The number of rotatable bonds is 2. The Morgan fingerprint density at radius 2 is 2.00 bits per heavy atom. The molecule has 0 aliphatic carbocycles. The molecular weight excluding hydrogens is 240 g/mol. The van der Waals surface area contributed by atoms with Crippen molar-refractivity contribution in [1.29, 1.82) is 0 Å². The fourth-order valence-electron chi connectivity index (χ4n) is 1.50. The quantitative estimate of drug-likeness (QED) is 0.778. The van der Waals surface area contributed by atoms with E-state index in [1.807, 2.05) is 26.8 Å². The first kappa shape index (κ1) is 14.0. The lowest BCUT2D eigenvalue weighted by molar-refractivity contribution is 0.241. The van der Waals surface area contributed by atoms with Gasteiger partial charge in [-0.15, -0.1) is 0 Å². The molecule has 0 radical (unpaired) electrons. The summed E-state index contributed by atoms with van der Waals surface area (Å²) in [6.07, 6.45) is 3.95. The Balaban J connectivity index is 2.34. The number of allylic oxidation sites excluding steroid dienone is 1. The Morgan fingerprint density at radius 3 is 2.47 bits per heavy atom. The third kappa shape index (κ3) is 5.72. The maximum absolute atomic E-state index is 11.4. The summed E-state index contributed by atoms with van der Waals surface area (Å²) >= 11 is 0. The zero-order valence-electron chi connectivity index (χ0n) is 10.5. The second-order valence-corrected chi connectivity index (χ2v) is 7.65. The van der Waals surface area contributed by atoms with E-state index in [2.05, 4.69) is 10.6 Å². The van der Waals surface area contributed by atoms with Gasteiger partial charge in [0.05, 0.1) is 11.5 Å². The Hall–Kier alpha value is -1.04. The van der Waals surface area contributed by atoms with E-state index in [1.54, 1.807) is 6.20 Å². The molecule has 2 N–H and O–H groups in total. The molecular formula is C11H20N2O3S. The lowest BCUT2D eigenvalue weighted by Crippen LogP contribution is -2.40. The van der Waals surface area contributed by atoms with Crippen LogP contribution in [0.4, 0.5) is 4.79 Å². The van der Waals surface area contributed by atoms with Crippen molar-refractivity contribution in [2.75, 3.05) is 11.5 Å². The van der Waals surface area contributed by atoms with Gasteiger partial charge in [0.2, 0.25) is 0 Å². The largest absolute Gasteiger partial charge is 0.334 e. The summed E-state index contributed by atoms with van der Waals surface area (Å²) in [5, 5.41) is 5.21. The van der Waals surface area contributed by atoms with E-state index in [1.165, 1.54) is 0 Å². The topological polar surface area (TPSA) is 75.3 Å². The predicted octanol–water partition coefficient (Wildman–Crippen LogP) is 1.03. The summed E-state index contributed by atoms with van der Waals surface area (Å²) in [4.78, 5) is 11.4. The zero-order chi connectivity index (χ0) is 13.1. The fourth-order valence-corrected chi connectivity index (χ4v) is 3.18. The summed E-state index contributed by atoms with van der Waals surface area (Å²) in [6, 6.07) is -0.615. The van der Waals surface area contributed by atoms with Gasteiger partial charge in [-0.1, -0.05) is 26.8 Å². The van der Waals surface area contributed by atoms with Gasteiger partial charge in [-0.25, -0.2) is 13.2 Å². The molecule has 0 aromatic heterocycles. The minimum Gasteiger partial charge on any atom is -0.334 e. The standard InChI is InChI=1S/C11H20N2O3S/c1-11(2,3)5-6-12-10(14)13-9-4-7-17(15,16)8-9/h5-6,9H,4,7-8H2,1-3H3,(H2,12,13,14)/b6-5+. The Labute approximate surface area is 103 Å². The molecule has 98 valence electrons. The highest BCUT2D eigenvalue weighted by atomic mass is 32.2. The molecule has 1 rings (SSSR count). The van der Waals surface area contributed by atoms with Crippen LogP contribution in [-0.2, 0) is 9.84 Å². The summed E-state index contributed by atoms with van der Waals surface area (Å²) in [5.74, 6) is 0.208. The van der Waals surface area contributed by atoms with E-state index >= 15 is 0 Å². The molecule has 1 heterocycles. The van der Waals surface area contributed by atoms with Gasteiger partial charge in [-0.2, -0.15) is 0 Å². The van der Waals surface area contributed by atoms with Gasteiger partial charge in [0.1, 0.15) is 0 Å². The second kappa shape index (κ2) is 5.08. The number of sulfone groups is 1. The van der Waals surface area contributed by atoms with Crippen molar-refractivity contribution in [1.82, 2.24) is 10.6 Å². The van der Waals surface area contributed by atoms with Crippen molar-refractivity contribution >= 4 is 15.9 Å². The molecule has 5 nitrogen and oxygen atoms in total. The molecule has 2 amide bonds. The van der Waals surface area contributed by atoms with Gasteiger partial charge < -0.3 is 10.6 Å². The van der Waals surface area contributed by atoms with E-state index in [9.17, 15) is 13.2 Å². The maximum Gasteiger partial charge on any atom is 0.318 e. The van der Waals surface area contributed by atoms with E-state index in [0.717, 1.165) is 0 Å². The number of hydrogen-bond donors (Lipinski definition) is 2. The van der Waals surface area contributed by atoms with Gasteiger partial charge in [-0.05, 0) is 11.8 Å². The molecule has 1 aliphatic rings. The first-order chi connectivity index (χ1) is 7.68. The minimum atomic E-state index is -2.95. The van der Waals surface area contributed by atoms with Gasteiger partial charge in [0.25, 0.3) is 0 Å². The summed E-state index contributed by atoms with van der Waals surface area (Å²) in [5.41, 5.74) is 0.00395. The van der Waals surface area contributed by atoms with Crippen molar-refractivity contribution in [3.63, 3.8) is 0 Å². The van der Waals surface area contributed by atoms with Crippen LogP contribution in [-0.4, -0.2) is 32.0 Å². The number of carbonyl (C=O) groups is 1. The molecule has 1 atom stereocenters. The van der Waals surface area contributed by atoms with Crippen LogP contribution in [0.5, 0.6) is 0 Å². The molecule has 0 aromatic rings. The van der Waals surface area contributed by atoms with Crippen molar-refractivity contribution < 1.29 is 13.2 Å². The molecule has 0 bridgehead atoms. The second-order valence-electron chi connectivity index (χ2n) is 5.42. The van der Waals surface area contributed by atoms with Crippen LogP contribution in [0.1, 0.15) is 27.2 Å². The monoisotopic (exact) mass is 260 g/mol. The number of urea groups is 1. The van der Waals surface area contributed by atoms with Crippen molar-refractivity contribution in [2.45, 2.75) is 33.2 Å². The van der Waals surface area contributed by atoms with Crippen LogP contribution in [0.25, 0.3) is 0 Å². The summed E-state index contributed by atoms with van der Waals surface area (Å²) < 4.78 is 22.4. The smallest absolute Gasteiger partial charge is 0.318 e. The highest BCUT2D eigenvalue weighted by molar-refractivity contribution is 7.91. The van der Waals surface area contributed by atoms with Crippen LogP contribution >= 0.6 is 0 Å². The van der Waals surface area contributed by atoms with Crippen LogP contribution in [0, 0.1) is 5.41 Å². The van der Waals surface area contributed by atoms with Gasteiger partial charge >= 0.3 is 6.03 Å². The van der Waals surface area contributed by atoms with E-state index in [4.69, 9.17) is 0 Å². The molecule has 6 heteroatoms. The average Bonchev–Trinajstić information content (AvgIpc) is 2.42. The normalized spacial score (nSPS) is 23.8. The minimum absolute atomic E-state index is 0.00395. The maximum atomic E-state index is 11.4. The predicted molar refractivity (Wildman–Crippen MR) is 67.3 cm³/mol. The first-order valence-corrected chi connectivity index (χ1v) is 7.45. The third-order valence-corrected chi connectivity index (χ3v) is 4.13. The molecule has 1 aliphatic heterocycles. The van der Waals surface area contributed by atoms with Gasteiger partial charge in [0, 0.05) is 12.2 Å². The van der Waals surface area contributed by atoms with E-state index < -0.39 is 9.84 Å². The summed E-state index contributed by atoms with van der Waals surface area (Å²) in [7, 11) is -2.95. The van der Waals surface area contributed by atoms with Crippen molar-refractivity contribution in [3.8, 4) is 0 Å². The Bertz CT molecular complexity index is 407. The molecule has 1 fully saturated rings. The number of nitrogens with one attached hydrogen (secondary N) is 2. The number of hydrogen-bond acceptors (Lipinski definition) is 3. The molecule has 17 heavy (non-hydrogen) atoms. The third-order valence-electron chi connectivity index (χ3n) is 2.37. The molecule has 0 spiro atoms. The lowest BCUT2D eigenvalue weighted by atomic mass is 9.97.